The fourth-order valence-electron chi connectivity index (χ4n) is 4.75. The second-order valence-corrected chi connectivity index (χ2v) is 7.32. The molecule has 2 aliphatic heterocycles. The van der Waals surface area contributed by atoms with Gasteiger partial charge in [-0.05, 0) is 55.6 Å². The molecule has 120 valence electrons. The molecule has 2 aromatic carbocycles. The Hall–Kier alpha value is -1.80. The van der Waals surface area contributed by atoms with Gasteiger partial charge in [-0.1, -0.05) is 49.4 Å². The highest BCUT2D eigenvalue weighted by Gasteiger charge is 2.39. The summed E-state index contributed by atoms with van der Waals surface area (Å²) in [5.74, 6) is 0.617. The maximum Gasteiger partial charge on any atom is 0.0585 e. The molecule has 0 N–H and O–H groups in total. The lowest BCUT2D eigenvalue weighted by Gasteiger charge is -2.47. The SMILES string of the molecule is CC1C(N(C)C)CCN2c3ccccc3Cc3ccccc3C12. The standard InChI is InChI=1S/C21H26N2/c1-15-19(22(2)3)12-13-23-20-11-7-5-9-17(20)14-16-8-4-6-10-18(16)21(15)23/h4-11,15,19,21H,12-14H2,1-3H3. The minimum atomic E-state index is 0.482. The van der Waals surface area contributed by atoms with Gasteiger partial charge in [-0.25, -0.2) is 0 Å². The van der Waals surface area contributed by atoms with Gasteiger partial charge in [0.2, 0.25) is 0 Å². The van der Waals surface area contributed by atoms with Gasteiger partial charge in [0.25, 0.3) is 0 Å². The van der Waals surface area contributed by atoms with Crippen LogP contribution in [-0.4, -0.2) is 31.6 Å². The highest BCUT2D eigenvalue weighted by atomic mass is 15.2. The van der Waals surface area contributed by atoms with Crippen LogP contribution < -0.4 is 4.90 Å². The van der Waals surface area contributed by atoms with Crippen LogP contribution in [0, 0.1) is 5.92 Å². The molecule has 2 nitrogen and oxygen atoms in total. The van der Waals surface area contributed by atoms with E-state index >= 15 is 0 Å². The van der Waals surface area contributed by atoms with Gasteiger partial charge in [0.15, 0.2) is 0 Å². The normalized spacial score (nSPS) is 26.3. The summed E-state index contributed by atoms with van der Waals surface area (Å²) in [5, 5.41) is 0. The molecule has 23 heavy (non-hydrogen) atoms. The molecule has 2 heterocycles. The summed E-state index contributed by atoms with van der Waals surface area (Å²) in [6.07, 6.45) is 2.29. The predicted molar refractivity (Wildman–Crippen MR) is 97.0 cm³/mol. The smallest absolute Gasteiger partial charge is 0.0585 e. The minimum absolute atomic E-state index is 0.482. The van der Waals surface area contributed by atoms with Crippen LogP contribution in [0.5, 0.6) is 0 Å². The molecule has 3 atom stereocenters. The summed E-state index contributed by atoms with van der Waals surface area (Å²) in [4.78, 5) is 5.09. The number of nitrogens with zero attached hydrogens (tertiary/aromatic N) is 2. The number of fused-ring (bicyclic) bond motifs is 5. The lowest BCUT2D eigenvalue weighted by Crippen LogP contribution is -2.49. The molecule has 1 saturated heterocycles. The molecular formula is C21H26N2. The number of para-hydroxylation sites is 1. The zero-order valence-electron chi connectivity index (χ0n) is 14.4. The highest BCUT2D eigenvalue weighted by molar-refractivity contribution is 5.60. The molecule has 0 aromatic heterocycles. The van der Waals surface area contributed by atoms with Crippen LogP contribution in [-0.2, 0) is 6.42 Å². The van der Waals surface area contributed by atoms with Crippen LogP contribution in [0.3, 0.4) is 0 Å². The van der Waals surface area contributed by atoms with Gasteiger partial charge < -0.3 is 9.80 Å². The molecule has 4 rings (SSSR count). The Kier molecular flexibility index (Phi) is 3.65. The Morgan fingerprint density at radius 3 is 2.43 bits per heavy atom. The first kappa shape index (κ1) is 14.8. The van der Waals surface area contributed by atoms with Gasteiger partial charge in [-0.3, -0.25) is 0 Å². The second-order valence-electron chi connectivity index (χ2n) is 7.32. The summed E-state index contributed by atoms with van der Waals surface area (Å²) in [5.41, 5.74) is 5.94. The van der Waals surface area contributed by atoms with E-state index in [0.717, 1.165) is 13.0 Å². The molecule has 0 radical (unpaired) electrons. The molecule has 1 fully saturated rings. The van der Waals surface area contributed by atoms with Gasteiger partial charge in [0.1, 0.15) is 0 Å². The monoisotopic (exact) mass is 306 g/mol. The van der Waals surface area contributed by atoms with Crippen molar-refractivity contribution in [1.82, 2.24) is 4.90 Å². The molecular weight excluding hydrogens is 280 g/mol. The number of hydrogen-bond acceptors (Lipinski definition) is 2. The third kappa shape index (κ3) is 2.36. The van der Waals surface area contributed by atoms with Crippen LogP contribution >= 0.6 is 0 Å². The summed E-state index contributed by atoms with van der Waals surface area (Å²) in [6, 6.07) is 19.2. The topological polar surface area (TPSA) is 6.48 Å². The van der Waals surface area contributed by atoms with Crippen molar-refractivity contribution < 1.29 is 0 Å². The van der Waals surface area contributed by atoms with Crippen molar-refractivity contribution in [2.24, 2.45) is 5.92 Å². The zero-order chi connectivity index (χ0) is 16.0. The predicted octanol–water partition coefficient (Wildman–Crippen LogP) is 4.11. The molecule has 2 heteroatoms. The number of benzene rings is 2. The maximum atomic E-state index is 2.67. The Morgan fingerprint density at radius 2 is 1.65 bits per heavy atom. The van der Waals surface area contributed by atoms with Crippen LogP contribution in [0.1, 0.15) is 36.1 Å². The number of anilines is 1. The van der Waals surface area contributed by atoms with Crippen molar-refractivity contribution in [3.05, 3.63) is 65.2 Å². The first-order valence-electron chi connectivity index (χ1n) is 8.75. The molecule has 3 unspecified atom stereocenters. The average molecular weight is 306 g/mol. The van der Waals surface area contributed by atoms with Crippen molar-refractivity contribution in [2.75, 3.05) is 25.5 Å². The van der Waals surface area contributed by atoms with E-state index in [1.807, 2.05) is 0 Å². The quantitative estimate of drug-likeness (QED) is 0.782. The van der Waals surface area contributed by atoms with E-state index < -0.39 is 0 Å². The van der Waals surface area contributed by atoms with Crippen molar-refractivity contribution in [2.45, 2.75) is 31.8 Å². The van der Waals surface area contributed by atoms with E-state index in [9.17, 15) is 0 Å². The fourth-order valence-corrected chi connectivity index (χ4v) is 4.75. The van der Waals surface area contributed by atoms with Gasteiger partial charge in [0.05, 0.1) is 6.04 Å². The van der Waals surface area contributed by atoms with E-state index in [1.54, 1.807) is 0 Å². The average Bonchev–Trinajstić information content (AvgIpc) is 2.69. The van der Waals surface area contributed by atoms with Gasteiger partial charge in [-0.2, -0.15) is 0 Å². The third-order valence-corrected chi connectivity index (χ3v) is 5.83. The first-order chi connectivity index (χ1) is 11.2. The van der Waals surface area contributed by atoms with Crippen molar-refractivity contribution in [1.29, 1.82) is 0 Å². The number of piperidine rings is 1. The van der Waals surface area contributed by atoms with Crippen LogP contribution in [0.25, 0.3) is 0 Å². The van der Waals surface area contributed by atoms with Crippen LogP contribution in [0.4, 0.5) is 5.69 Å². The largest absolute Gasteiger partial charge is 0.364 e. The van der Waals surface area contributed by atoms with E-state index in [-0.39, 0.29) is 0 Å². The molecule has 2 aromatic rings. The molecule has 2 aliphatic rings. The molecule has 0 amide bonds. The van der Waals surface area contributed by atoms with Gasteiger partial charge in [0, 0.05) is 18.3 Å². The summed E-state index contributed by atoms with van der Waals surface area (Å²) in [6.45, 7) is 3.58. The van der Waals surface area contributed by atoms with E-state index in [0.29, 0.717) is 18.0 Å². The van der Waals surface area contributed by atoms with Crippen molar-refractivity contribution >= 4 is 5.69 Å². The van der Waals surface area contributed by atoms with E-state index in [1.165, 1.54) is 28.8 Å². The molecule has 0 aliphatic carbocycles. The third-order valence-electron chi connectivity index (χ3n) is 5.83. The van der Waals surface area contributed by atoms with Gasteiger partial charge >= 0.3 is 0 Å². The number of hydrogen-bond donors (Lipinski definition) is 0. The maximum absolute atomic E-state index is 2.67. The molecule has 0 saturated carbocycles. The molecule has 0 bridgehead atoms. The lowest BCUT2D eigenvalue weighted by molar-refractivity contribution is 0.158. The van der Waals surface area contributed by atoms with Crippen molar-refractivity contribution in [3.8, 4) is 0 Å². The minimum Gasteiger partial charge on any atom is -0.364 e. The van der Waals surface area contributed by atoms with Crippen LogP contribution in [0.15, 0.2) is 48.5 Å². The van der Waals surface area contributed by atoms with Gasteiger partial charge in [-0.15, -0.1) is 0 Å². The Labute approximate surface area is 139 Å². The summed E-state index contributed by atoms with van der Waals surface area (Å²) in [7, 11) is 4.46. The summed E-state index contributed by atoms with van der Waals surface area (Å²) >= 11 is 0. The Morgan fingerprint density at radius 1 is 0.957 bits per heavy atom. The Balaban J connectivity index is 1.88. The fraction of sp³-hybridized carbons (Fsp3) is 0.429. The van der Waals surface area contributed by atoms with E-state index in [4.69, 9.17) is 0 Å². The summed E-state index contributed by atoms with van der Waals surface area (Å²) < 4.78 is 0. The second kappa shape index (κ2) is 5.68. The lowest BCUT2D eigenvalue weighted by atomic mass is 9.80. The van der Waals surface area contributed by atoms with E-state index in [2.05, 4.69) is 79.3 Å². The van der Waals surface area contributed by atoms with Crippen molar-refractivity contribution in [3.63, 3.8) is 0 Å². The van der Waals surface area contributed by atoms with Crippen LogP contribution in [0.2, 0.25) is 0 Å². The molecule has 0 spiro atoms. The first-order valence-corrected chi connectivity index (χ1v) is 8.75. The Bertz CT molecular complexity index is 706. The number of rotatable bonds is 1. The highest BCUT2D eigenvalue weighted by Crippen LogP contribution is 2.45. The zero-order valence-corrected chi connectivity index (χ0v) is 14.4.